The predicted molar refractivity (Wildman–Crippen MR) is 149 cm³/mol. The Balaban J connectivity index is 0.00000228. The maximum absolute atomic E-state index is 13.1. The first-order chi connectivity index (χ1) is 16.4. The molecular formula is C27H38Cl2N4O3. The van der Waals surface area contributed by atoms with Gasteiger partial charge in [-0.2, -0.15) is 0 Å². The second kappa shape index (κ2) is 13.3. The number of hydrogen-bond acceptors (Lipinski definition) is 5. The summed E-state index contributed by atoms with van der Waals surface area (Å²) in [5.41, 5.74) is 4.27. The number of amides is 2. The number of rotatable bonds is 7. The molecule has 9 heteroatoms. The molecule has 0 saturated carbocycles. The van der Waals surface area contributed by atoms with Crippen molar-refractivity contribution >= 4 is 42.3 Å². The number of halogens is 2. The van der Waals surface area contributed by atoms with Gasteiger partial charge >= 0.3 is 0 Å². The van der Waals surface area contributed by atoms with E-state index in [1.807, 2.05) is 49.1 Å². The van der Waals surface area contributed by atoms with Crippen molar-refractivity contribution in [1.29, 1.82) is 0 Å². The van der Waals surface area contributed by atoms with E-state index in [4.69, 9.17) is 4.74 Å². The highest BCUT2D eigenvalue weighted by Crippen LogP contribution is 2.35. The smallest absolute Gasteiger partial charge is 0.237 e. The van der Waals surface area contributed by atoms with Crippen molar-refractivity contribution in [3.8, 4) is 5.75 Å². The van der Waals surface area contributed by atoms with E-state index in [0.717, 1.165) is 53.9 Å². The number of anilines is 1. The summed E-state index contributed by atoms with van der Waals surface area (Å²) in [6, 6.07) is 14.5. The zero-order chi connectivity index (χ0) is 24.2. The first-order valence-corrected chi connectivity index (χ1v) is 12.1. The minimum absolute atomic E-state index is 0. The van der Waals surface area contributed by atoms with Crippen LogP contribution in [-0.2, 0) is 22.6 Å². The van der Waals surface area contributed by atoms with Crippen LogP contribution in [0.5, 0.6) is 5.75 Å². The highest BCUT2D eigenvalue weighted by Gasteiger charge is 2.35. The van der Waals surface area contributed by atoms with Gasteiger partial charge in [-0.1, -0.05) is 30.3 Å². The third-order valence-electron chi connectivity index (χ3n) is 6.92. The summed E-state index contributed by atoms with van der Waals surface area (Å²) in [6.07, 6.45) is 3.21. The third kappa shape index (κ3) is 6.51. The summed E-state index contributed by atoms with van der Waals surface area (Å²) in [5.74, 6) is 1.13. The number of nitrogens with zero attached hydrogens (tertiary/aromatic N) is 3. The van der Waals surface area contributed by atoms with Crippen LogP contribution in [0, 0.1) is 0 Å². The quantitative estimate of drug-likeness (QED) is 0.582. The van der Waals surface area contributed by atoms with Crippen molar-refractivity contribution in [1.82, 2.24) is 15.1 Å². The SMILES string of the molecule is COc1cc2c(cc1CNC1CCCN(C(=O)CN(C)C)C1c1ccccc1)N(C)C(=O)CC2.Cl.Cl. The fraction of sp³-hybridized carbons (Fsp3) is 0.481. The molecule has 0 bridgehead atoms. The van der Waals surface area contributed by atoms with Crippen molar-refractivity contribution in [2.45, 2.75) is 44.3 Å². The molecule has 2 unspecified atom stereocenters. The highest BCUT2D eigenvalue weighted by atomic mass is 35.5. The predicted octanol–water partition coefficient (Wildman–Crippen LogP) is 3.83. The van der Waals surface area contributed by atoms with Crippen LogP contribution in [0.4, 0.5) is 5.69 Å². The fourth-order valence-electron chi connectivity index (χ4n) is 5.19. The number of carbonyl (C=O) groups is 2. The second-order valence-corrected chi connectivity index (χ2v) is 9.56. The maximum atomic E-state index is 13.1. The molecule has 1 fully saturated rings. The second-order valence-electron chi connectivity index (χ2n) is 9.56. The standard InChI is InChI=1S/C27H36N4O3.2ClH/c1-29(2)18-26(33)31-14-8-11-22(27(31)19-9-6-5-7-10-19)28-17-21-15-23-20(16-24(21)34-4)12-13-25(32)30(23)3;;/h5-7,9-10,15-16,22,27-28H,8,11-14,17-18H2,1-4H3;2*1H. The van der Waals surface area contributed by atoms with Crippen LogP contribution in [0.1, 0.15) is 42.0 Å². The Morgan fingerprint density at radius 2 is 1.86 bits per heavy atom. The number of fused-ring (bicyclic) bond motifs is 1. The minimum Gasteiger partial charge on any atom is -0.496 e. The van der Waals surface area contributed by atoms with Gasteiger partial charge in [0, 0.05) is 43.9 Å². The van der Waals surface area contributed by atoms with Crippen LogP contribution in [-0.4, -0.2) is 69.0 Å². The molecule has 0 radical (unpaired) electrons. The lowest BCUT2D eigenvalue weighted by Gasteiger charge is -2.42. The van der Waals surface area contributed by atoms with Gasteiger partial charge in [0.15, 0.2) is 0 Å². The summed E-state index contributed by atoms with van der Waals surface area (Å²) >= 11 is 0. The lowest BCUT2D eigenvalue weighted by molar-refractivity contribution is -0.136. The lowest BCUT2D eigenvalue weighted by Crippen LogP contribution is -2.52. The van der Waals surface area contributed by atoms with Crippen LogP contribution in [0.2, 0.25) is 0 Å². The topological polar surface area (TPSA) is 65.1 Å². The molecule has 36 heavy (non-hydrogen) atoms. The van der Waals surface area contributed by atoms with Crippen LogP contribution >= 0.6 is 24.8 Å². The first-order valence-electron chi connectivity index (χ1n) is 12.1. The van der Waals surface area contributed by atoms with Gasteiger partial charge < -0.3 is 24.8 Å². The molecule has 2 aliphatic rings. The Morgan fingerprint density at radius 1 is 1.14 bits per heavy atom. The van der Waals surface area contributed by atoms with Crippen molar-refractivity contribution in [2.75, 3.05) is 46.2 Å². The number of methoxy groups -OCH3 is 1. The van der Waals surface area contributed by atoms with Crippen LogP contribution < -0.4 is 15.0 Å². The molecule has 2 amide bonds. The van der Waals surface area contributed by atoms with Crippen molar-refractivity contribution < 1.29 is 14.3 Å². The van der Waals surface area contributed by atoms with E-state index < -0.39 is 0 Å². The summed E-state index contributed by atoms with van der Waals surface area (Å²) in [5, 5.41) is 3.74. The fourth-order valence-corrected chi connectivity index (χ4v) is 5.19. The number of nitrogens with one attached hydrogen (secondary N) is 1. The number of ether oxygens (including phenoxy) is 1. The van der Waals surface area contributed by atoms with Gasteiger partial charge in [0.05, 0.1) is 19.7 Å². The molecule has 2 heterocycles. The molecule has 4 rings (SSSR count). The Hall–Kier alpha value is -2.32. The van der Waals surface area contributed by atoms with Crippen molar-refractivity contribution in [3.05, 3.63) is 59.2 Å². The molecular weight excluding hydrogens is 499 g/mol. The third-order valence-corrected chi connectivity index (χ3v) is 6.92. The van der Waals surface area contributed by atoms with E-state index in [9.17, 15) is 9.59 Å². The van der Waals surface area contributed by atoms with Crippen molar-refractivity contribution in [3.63, 3.8) is 0 Å². The molecule has 198 valence electrons. The lowest BCUT2D eigenvalue weighted by atomic mass is 9.89. The normalized spacial score (nSPS) is 19.3. The summed E-state index contributed by atoms with van der Waals surface area (Å²) in [7, 11) is 7.39. The number of benzene rings is 2. The van der Waals surface area contributed by atoms with E-state index in [1.165, 1.54) is 0 Å². The zero-order valence-electron chi connectivity index (χ0n) is 21.5. The minimum atomic E-state index is -0.0322. The van der Waals surface area contributed by atoms with Gasteiger partial charge in [-0.05, 0) is 56.6 Å². The van der Waals surface area contributed by atoms with Gasteiger partial charge in [0.1, 0.15) is 5.75 Å². The van der Waals surface area contributed by atoms with Crippen LogP contribution in [0.25, 0.3) is 0 Å². The molecule has 2 aliphatic heterocycles. The number of piperidine rings is 1. The van der Waals surface area contributed by atoms with E-state index in [-0.39, 0.29) is 48.7 Å². The summed E-state index contributed by atoms with van der Waals surface area (Å²) in [4.78, 5) is 31.1. The van der Waals surface area contributed by atoms with Gasteiger partial charge in [-0.15, -0.1) is 24.8 Å². The Morgan fingerprint density at radius 3 is 2.53 bits per heavy atom. The van der Waals surface area contributed by atoms with Crippen molar-refractivity contribution in [2.24, 2.45) is 0 Å². The Labute approximate surface area is 227 Å². The average molecular weight is 538 g/mol. The largest absolute Gasteiger partial charge is 0.496 e. The van der Waals surface area contributed by atoms with E-state index >= 15 is 0 Å². The molecule has 1 saturated heterocycles. The average Bonchev–Trinajstić information content (AvgIpc) is 2.84. The van der Waals surface area contributed by atoms with E-state index in [0.29, 0.717) is 19.5 Å². The first kappa shape index (κ1) is 29.9. The van der Waals surface area contributed by atoms with E-state index in [1.54, 1.807) is 12.0 Å². The Bertz CT molecular complexity index is 1040. The summed E-state index contributed by atoms with van der Waals surface area (Å²) in [6.45, 7) is 1.76. The molecule has 0 aromatic heterocycles. The summed E-state index contributed by atoms with van der Waals surface area (Å²) < 4.78 is 5.71. The molecule has 2 atom stereocenters. The number of likely N-dealkylation sites (N-methyl/N-ethyl adjacent to an activating group) is 1. The molecule has 1 N–H and O–H groups in total. The number of hydrogen-bond donors (Lipinski definition) is 1. The van der Waals surface area contributed by atoms with E-state index in [2.05, 4.69) is 29.6 Å². The van der Waals surface area contributed by atoms with Crippen LogP contribution in [0.15, 0.2) is 42.5 Å². The molecule has 7 nitrogen and oxygen atoms in total. The molecule has 2 aromatic rings. The van der Waals surface area contributed by atoms with Gasteiger partial charge in [-0.25, -0.2) is 0 Å². The molecule has 0 spiro atoms. The van der Waals surface area contributed by atoms with Gasteiger partial charge in [0.2, 0.25) is 11.8 Å². The maximum Gasteiger partial charge on any atom is 0.237 e. The number of aryl methyl sites for hydroxylation is 1. The van der Waals surface area contributed by atoms with Gasteiger partial charge in [-0.3, -0.25) is 9.59 Å². The number of carbonyl (C=O) groups excluding carboxylic acids is 2. The monoisotopic (exact) mass is 536 g/mol. The zero-order valence-corrected chi connectivity index (χ0v) is 23.2. The Kier molecular flexibility index (Phi) is 11.0. The van der Waals surface area contributed by atoms with Gasteiger partial charge in [0.25, 0.3) is 0 Å². The molecule has 0 aliphatic carbocycles. The van der Waals surface area contributed by atoms with Crippen LogP contribution in [0.3, 0.4) is 0 Å². The molecule has 2 aromatic carbocycles. The highest BCUT2D eigenvalue weighted by molar-refractivity contribution is 5.96. The number of likely N-dealkylation sites (tertiary alicyclic amines) is 1.